The average Bonchev–Trinajstić information content (AvgIpc) is 3.54. The van der Waals surface area contributed by atoms with Crippen LogP contribution >= 0.6 is 11.3 Å². The summed E-state index contributed by atoms with van der Waals surface area (Å²) >= 11 is 1.25. The number of carbonyl (C=O) groups excluding carboxylic acids is 2. The van der Waals surface area contributed by atoms with Gasteiger partial charge in [0.05, 0.1) is 12.7 Å². The van der Waals surface area contributed by atoms with Gasteiger partial charge in [0.1, 0.15) is 24.0 Å². The number of amides is 1. The second-order valence-corrected chi connectivity index (χ2v) is 10.6. The molecule has 0 unspecified atom stereocenters. The van der Waals surface area contributed by atoms with Crippen molar-refractivity contribution in [3.05, 3.63) is 34.2 Å². The van der Waals surface area contributed by atoms with Gasteiger partial charge in [0.15, 0.2) is 11.5 Å². The minimum atomic E-state index is -4.24. The molecule has 0 saturated heterocycles. The molecule has 0 atom stereocenters. The van der Waals surface area contributed by atoms with Crippen LogP contribution in [0.3, 0.4) is 0 Å². The van der Waals surface area contributed by atoms with Gasteiger partial charge in [0, 0.05) is 10.4 Å². The Balaban J connectivity index is 1.33. The van der Waals surface area contributed by atoms with Crippen LogP contribution in [0.4, 0.5) is 5.00 Å². The third-order valence-corrected chi connectivity index (χ3v) is 7.89. The lowest BCUT2D eigenvalue weighted by atomic mass is 10.1. The highest BCUT2D eigenvalue weighted by molar-refractivity contribution is 7.91. The summed E-state index contributed by atoms with van der Waals surface area (Å²) in [6, 6.07) is 4.90. The molecule has 11 nitrogen and oxygen atoms in total. The van der Waals surface area contributed by atoms with E-state index in [1.54, 1.807) is 18.2 Å². The summed E-state index contributed by atoms with van der Waals surface area (Å²) in [6.07, 6.45) is 2.41. The lowest BCUT2D eigenvalue weighted by Gasteiger charge is -2.18. The SMILES string of the molecule is COC(=O)c1c(NC(=O)CS(=O)(=O)c2nnc(-c3ccc4c(c3)OCCO4)o2)sc2c1CCC2. The number of esters is 1. The Morgan fingerprint density at radius 1 is 1.15 bits per heavy atom. The minimum absolute atomic E-state index is 0.0429. The number of ether oxygens (including phenoxy) is 3. The van der Waals surface area contributed by atoms with E-state index in [9.17, 15) is 18.0 Å². The Bertz CT molecular complexity index is 1390. The van der Waals surface area contributed by atoms with Crippen molar-refractivity contribution in [2.45, 2.75) is 24.5 Å². The Hall–Kier alpha value is -3.45. The van der Waals surface area contributed by atoms with E-state index in [0.29, 0.717) is 36.7 Å². The zero-order valence-corrected chi connectivity index (χ0v) is 19.6. The van der Waals surface area contributed by atoms with Crippen LogP contribution in [0.15, 0.2) is 27.8 Å². The number of thiophene rings is 1. The van der Waals surface area contributed by atoms with Crippen LogP contribution in [0.2, 0.25) is 0 Å². The van der Waals surface area contributed by atoms with Gasteiger partial charge < -0.3 is 23.9 Å². The van der Waals surface area contributed by atoms with E-state index < -0.39 is 32.7 Å². The fraction of sp³-hybridized carbons (Fsp3) is 0.333. The van der Waals surface area contributed by atoms with Crippen LogP contribution < -0.4 is 14.8 Å². The third-order valence-electron chi connectivity index (χ3n) is 5.35. The number of carbonyl (C=O) groups is 2. The van der Waals surface area contributed by atoms with Crippen molar-refractivity contribution < 1.29 is 36.6 Å². The van der Waals surface area contributed by atoms with Gasteiger partial charge in [0.2, 0.25) is 21.6 Å². The number of hydrogen-bond acceptors (Lipinski definition) is 11. The highest BCUT2D eigenvalue weighted by Gasteiger charge is 2.31. The Kier molecular flexibility index (Phi) is 5.73. The van der Waals surface area contributed by atoms with E-state index in [0.717, 1.165) is 23.3 Å². The molecule has 1 aliphatic carbocycles. The number of anilines is 1. The number of nitrogens with zero attached hydrogens (tertiary/aromatic N) is 2. The molecule has 0 saturated carbocycles. The monoisotopic (exact) mass is 505 g/mol. The number of hydrogen-bond donors (Lipinski definition) is 1. The van der Waals surface area contributed by atoms with E-state index in [-0.39, 0.29) is 16.5 Å². The molecule has 34 heavy (non-hydrogen) atoms. The van der Waals surface area contributed by atoms with Crippen molar-refractivity contribution in [3.63, 3.8) is 0 Å². The van der Waals surface area contributed by atoms with Crippen molar-refractivity contribution in [1.82, 2.24) is 10.2 Å². The van der Waals surface area contributed by atoms with Gasteiger partial charge in [-0.05, 0) is 43.0 Å². The summed E-state index contributed by atoms with van der Waals surface area (Å²) in [5.74, 6) is -1.33. The average molecular weight is 506 g/mol. The van der Waals surface area contributed by atoms with Crippen LogP contribution in [0, 0.1) is 0 Å². The quantitative estimate of drug-likeness (QED) is 0.495. The van der Waals surface area contributed by atoms with Gasteiger partial charge in [-0.15, -0.1) is 16.4 Å². The zero-order chi connectivity index (χ0) is 23.9. The summed E-state index contributed by atoms with van der Waals surface area (Å²) in [7, 11) is -2.98. The van der Waals surface area contributed by atoms with Crippen molar-refractivity contribution >= 4 is 38.1 Å². The number of aromatic nitrogens is 2. The lowest BCUT2D eigenvalue weighted by molar-refractivity contribution is -0.113. The number of nitrogens with one attached hydrogen (secondary N) is 1. The maximum absolute atomic E-state index is 12.7. The number of sulfone groups is 1. The van der Waals surface area contributed by atoms with Crippen molar-refractivity contribution in [2.75, 3.05) is 31.4 Å². The zero-order valence-electron chi connectivity index (χ0n) is 18.0. The van der Waals surface area contributed by atoms with Crippen molar-refractivity contribution in [3.8, 4) is 23.0 Å². The predicted octanol–water partition coefficient (Wildman–Crippen LogP) is 2.26. The minimum Gasteiger partial charge on any atom is -0.486 e. The molecule has 3 heterocycles. The van der Waals surface area contributed by atoms with Gasteiger partial charge in [-0.25, -0.2) is 13.2 Å². The summed E-state index contributed by atoms with van der Waals surface area (Å²) in [5.41, 5.74) is 1.57. The van der Waals surface area contributed by atoms with Crippen LogP contribution in [0.25, 0.3) is 11.5 Å². The van der Waals surface area contributed by atoms with Crippen molar-refractivity contribution in [1.29, 1.82) is 0 Å². The topological polar surface area (TPSA) is 147 Å². The molecule has 0 bridgehead atoms. The molecule has 0 radical (unpaired) electrons. The summed E-state index contributed by atoms with van der Waals surface area (Å²) in [4.78, 5) is 25.8. The number of methoxy groups -OCH3 is 1. The van der Waals surface area contributed by atoms with E-state index in [1.165, 1.54) is 18.4 Å². The van der Waals surface area contributed by atoms with Gasteiger partial charge in [0.25, 0.3) is 0 Å². The van der Waals surface area contributed by atoms with Crippen LogP contribution in [0.5, 0.6) is 11.5 Å². The number of fused-ring (bicyclic) bond motifs is 2. The van der Waals surface area contributed by atoms with E-state index in [1.807, 2.05) is 0 Å². The molecule has 2 aliphatic rings. The second-order valence-electron chi connectivity index (χ2n) is 7.59. The van der Waals surface area contributed by atoms with Gasteiger partial charge in [-0.2, -0.15) is 0 Å². The molecule has 5 rings (SSSR count). The van der Waals surface area contributed by atoms with E-state index in [4.69, 9.17) is 18.6 Å². The van der Waals surface area contributed by atoms with Crippen LogP contribution in [-0.4, -0.2) is 56.6 Å². The number of aryl methyl sites for hydroxylation is 1. The maximum Gasteiger partial charge on any atom is 0.341 e. The molecule has 178 valence electrons. The molecule has 0 fully saturated rings. The summed E-state index contributed by atoms with van der Waals surface area (Å²) in [5, 5.41) is 9.52. The Morgan fingerprint density at radius 2 is 1.94 bits per heavy atom. The fourth-order valence-corrected chi connectivity index (χ4v) is 6.04. The molecule has 1 aromatic carbocycles. The maximum atomic E-state index is 12.7. The molecule has 3 aromatic rings. The molecule has 1 aliphatic heterocycles. The predicted molar refractivity (Wildman–Crippen MR) is 119 cm³/mol. The molecule has 2 aromatic heterocycles. The molecule has 1 N–H and O–H groups in total. The lowest BCUT2D eigenvalue weighted by Crippen LogP contribution is -2.24. The normalized spacial score (nSPS) is 14.5. The van der Waals surface area contributed by atoms with E-state index >= 15 is 0 Å². The second kappa shape index (κ2) is 8.72. The largest absolute Gasteiger partial charge is 0.486 e. The number of rotatable bonds is 6. The van der Waals surface area contributed by atoms with Gasteiger partial charge >= 0.3 is 11.2 Å². The molecule has 0 spiro atoms. The highest BCUT2D eigenvalue weighted by atomic mass is 32.2. The molecule has 1 amide bonds. The first-order valence-corrected chi connectivity index (χ1v) is 12.8. The summed E-state index contributed by atoms with van der Waals surface area (Å²) < 4.78 is 46.6. The third kappa shape index (κ3) is 4.12. The summed E-state index contributed by atoms with van der Waals surface area (Å²) in [6.45, 7) is 0.826. The van der Waals surface area contributed by atoms with E-state index in [2.05, 4.69) is 15.5 Å². The standard InChI is InChI=1S/C21H19N3O8S2/c1-29-20(26)17-12-3-2-4-15(12)33-19(17)22-16(25)10-34(27,28)21-24-23-18(32-21)11-5-6-13-14(9-11)31-8-7-30-13/h5-6,9H,2-4,7-8,10H2,1H3,(H,22,25). The smallest absolute Gasteiger partial charge is 0.341 e. The Labute approximate surface area is 197 Å². The van der Waals surface area contributed by atoms with Crippen LogP contribution in [-0.2, 0) is 32.2 Å². The molecular weight excluding hydrogens is 486 g/mol. The molecule has 13 heteroatoms. The fourth-order valence-electron chi connectivity index (χ4n) is 3.84. The number of benzene rings is 1. The van der Waals surface area contributed by atoms with Gasteiger partial charge in [-0.1, -0.05) is 5.10 Å². The van der Waals surface area contributed by atoms with Crippen molar-refractivity contribution in [2.24, 2.45) is 0 Å². The van der Waals surface area contributed by atoms with Crippen LogP contribution in [0.1, 0.15) is 27.2 Å². The first-order chi connectivity index (χ1) is 16.4. The first-order valence-electron chi connectivity index (χ1n) is 10.3. The Morgan fingerprint density at radius 3 is 2.74 bits per heavy atom. The molecular formula is C21H19N3O8S2. The highest BCUT2D eigenvalue weighted by Crippen LogP contribution is 2.39. The first kappa shape index (κ1) is 22.3. The van der Waals surface area contributed by atoms with Gasteiger partial charge in [-0.3, -0.25) is 4.79 Å².